The number of carbonyl (C=O) groups is 4. The molecule has 0 N–H and O–H groups in total. The van der Waals surface area contributed by atoms with Gasteiger partial charge in [0.05, 0.1) is 23.9 Å². The summed E-state index contributed by atoms with van der Waals surface area (Å²) in [5.41, 5.74) is -0.704. The first-order valence-electron chi connectivity index (χ1n) is 7.79. The molecule has 0 saturated carbocycles. The summed E-state index contributed by atoms with van der Waals surface area (Å²) in [6, 6.07) is 0. The van der Waals surface area contributed by atoms with E-state index in [-0.39, 0.29) is 32.3 Å². The van der Waals surface area contributed by atoms with Crippen LogP contribution in [-0.2, 0) is 19.2 Å². The van der Waals surface area contributed by atoms with E-state index in [4.69, 9.17) is 0 Å². The molecule has 8 nitrogen and oxygen atoms in total. The van der Waals surface area contributed by atoms with E-state index < -0.39 is 23.9 Å². The molecule has 6 radical (unpaired) electrons. The molecular formula is C18H26O8Sn. The quantitative estimate of drug-likeness (QED) is 0.324. The van der Waals surface area contributed by atoms with Gasteiger partial charge in [0.2, 0.25) is 0 Å². The summed E-state index contributed by atoms with van der Waals surface area (Å²) in [4.78, 5) is 38.8. The predicted octanol–water partition coefficient (Wildman–Crippen LogP) is -2.01. The van der Waals surface area contributed by atoms with Gasteiger partial charge in [-0.3, -0.25) is 0 Å². The molecule has 0 aromatic rings. The average molecular weight is 489 g/mol. The van der Waals surface area contributed by atoms with Gasteiger partial charge in [0.15, 0.2) is 0 Å². The fourth-order valence-corrected chi connectivity index (χ4v) is 8.02. The Morgan fingerprint density at radius 3 is 0.889 bits per heavy atom. The second kappa shape index (κ2) is 13.3. The molecule has 0 spiro atoms. The van der Waals surface area contributed by atoms with Crippen LogP contribution in [0, 0.1) is 0 Å². The normalized spacial score (nSPS) is 12.0. The molecule has 0 aliphatic rings. The summed E-state index contributed by atoms with van der Waals surface area (Å²) in [5.74, 6) is -6.06. The monoisotopic (exact) mass is 490 g/mol. The Labute approximate surface area is 170 Å². The van der Waals surface area contributed by atoms with Crippen molar-refractivity contribution in [3.05, 3.63) is 23.3 Å². The second-order valence-electron chi connectivity index (χ2n) is 7.49. The molecular weight excluding hydrogens is 463 g/mol. The van der Waals surface area contributed by atoms with Crippen molar-refractivity contribution in [2.24, 2.45) is 0 Å². The van der Waals surface area contributed by atoms with E-state index in [0.717, 1.165) is 13.8 Å². The molecule has 0 heterocycles. The van der Waals surface area contributed by atoms with E-state index in [1.807, 2.05) is 0 Å². The van der Waals surface area contributed by atoms with Gasteiger partial charge in [0, 0.05) is 0 Å². The van der Waals surface area contributed by atoms with Crippen LogP contribution in [0.15, 0.2) is 23.3 Å². The van der Waals surface area contributed by atoms with Gasteiger partial charge >= 0.3 is 69.5 Å². The number of carboxylic acid groups (broad SMARTS) is 4. The summed E-state index contributed by atoms with van der Waals surface area (Å²) >= 11 is -0.182. The molecule has 0 aliphatic carbocycles. The Bertz CT molecular complexity index is 537. The Hall–Kier alpha value is -1.84. The van der Waals surface area contributed by atoms with Crippen LogP contribution in [0.2, 0.25) is 6.86 Å². The van der Waals surface area contributed by atoms with Crippen LogP contribution in [-0.4, -0.2) is 45.0 Å². The Kier molecular flexibility index (Phi) is 14.8. The van der Waals surface area contributed by atoms with Crippen molar-refractivity contribution in [3.8, 4) is 0 Å². The van der Waals surface area contributed by atoms with E-state index in [1.165, 1.54) is 0 Å². The van der Waals surface area contributed by atoms with Crippen LogP contribution >= 0.6 is 0 Å². The van der Waals surface area contributed by atoms with Crippen molar-refractivity contribution >= 4 is 45.0 Å². The first-order valence-corrected chi connectivity index (χ1v) is 10.6. The van der Waals surface area contributed by atoms with Gasteiger partial charge in [-0.2, -0.15) is 0 Å². The zero-order valence-electron chi connectivity index (χ0n) is 16.9. The Morgan fingerprint density at radius 2 is 0.852 bits per heavy atom. The molecule has 0 unspecified atom stereocenters. The Balaban J connectivity index is -0.000000320. The van der Waals surface area contributed by atoms with E-state index >= 15 is 0 Å². The molecule has 0 fully saturated rings. The van der Waals surface area contributed by atoms with Crippen molar-refractivity contribution in [2.45, 2.75) is 62.3 Å². The fourth-order valence-electron chi connectivity index (χ4n) is 1.60. The second-order valence-corrected chi connectivity index (χ2v) is 16.8. The minimum atomic E-state index is -1.53. The molecule has 0 aromatic heterocycles. The third-order valence-corrected chi connectivity index (χ3v) is 6.34. The van der Waals surface area contributed by atoms with E-state index in [2.05, 4.69) is 41.5 Å². The van der Waals surface area contributed by atoms with Gasteiger partial charge in [-0.1, -0.05) is 0 Å². The molecule has 0 aromatic carbocycles. The number of hydrogen-bond donors (Lipinski definition) is 0. The first kappa shape index (κ1) is 29.9. The summed E-state index contributed by atoms with van der Waals surface area (Å²) in [6.07, 6.45) is 0.935. The van der Waals surface area contributed by atoms with Crippen molar-refractivity contribution in [3.63, 3.8) is 0 Å². The van der Waals surface area contributed by atoms with Crippen LogP contribution in [0.4, 0.5) is 0 Å². The number of aliphatic carboxylic acids is 4. The summed E-state index contributed by atoms with van der Waals surface area (Å²) < 4.78 is 1.31. The van der Waals surface area contributed by atoms with Crippen molar-refractivity contribution in [1.82, 2.24) is 0 Å². The summed E-state index contributed by atoms with van der Waals surface area (Å²) in [6.45, 7) is 16.4. The molecule has 0 aliphatic heterocycles. The fraction of sp³-hybridized carbons (Fsp3) is 0.556. The maximum absolute atomic E-state index is 9.76. The topological polar surface area (TPSA) is 161 Å². The number of carboxylic acids is 4. The maximum atomic E-state index is 9.76. The van der Waals surface area contributed by atoms with Gasteiger partial charge in [0.1, 0.15) is 0 Å². The summed E-state index contributed by atoms with van der Waals surface area (Å²) in [7, 11) is 0. The van der Waals surface area contributed by atoms with Gasteiger partial charge in [-0.15, -0.1) is 0 Å². The van der Waals surface area contributed by atoms with Crippen LogP contribution in [0.1, 0.15) is 55.4 Å². The number of carbonyl (C=O) groups excluding carboxylic acids is 4. The van der Waals surface area contributed by atoms with Gasteiger partial charge in [-0.25, -0.2) is 0 Å². The average Bonchev–Trinajstić information content (AvgIpc) is 2.33. The predicted molar refractivity (Wildman–Crippen MR) is 92.7 cm³/mol. The molecule has 0 rings (SSSR count). The van der Waals surface area contributed by atoms with Gasteiger partial charge in [0.25, 0.3) is 0 Å². The Morgan fingerprint density at radius 1 is 0.630 bits per heavy atom. The van der Waals surface area contributed by atoms with Crippen LogP contribution in [0.25, 0.3) is 0 Å². The zero-order valence-corrected chi connectivity index (χ0v) is 19.8. The van der Waals surface area contributed by atoms with E-state index in [1.54, 1.807) is 0 Å². The van der Waals surface area contributed by atoms with Gasteiger partial charge in [-0.05, 0) is 37.1 Å². The molecule has 150 valence electrons. The van der Waals surface area contributed by atoms with Crippen molar-refractivity contribution in [2.75, 3.05) is 0 Å². The standard InChI is InChI=1S/2C5H6O4.2C4H9.Sn/c2*1-3(5(8)9)2-4(6)7;2*1-4(2)3;/h2*2H,1H3,(H,6,7)(H,8,9);2*1-3H3;/q;;;;+4/p-4/b2*3-2-;;;. The van der Waals surface area contributed by atoms with Crippen molar-refractivity contribution in [1.29, 1.82) is 0 Å². The summed E-state index contributed by atoms with van der Waals surface area (Å²) in [5, 5.41) is 38.8. The molecule has 0 amide bonds. The minimum absolute atomic E-state index is 0.182. The van der Waals surface area contributed by atoms with Crippen molar-refractivity contribution < 1.29 is 39.6 Å². The molecule has 9 heteroatoms. The third kappa shape index (κ3) is 29.2. The first-order chi connectivity index (χ1) is 11.8. The van der Waals surface area contributed by atoms with E-state index in [0.29, 0.717) is 19.0 Å². The molecule has 0 atom stereocenters. The van der Waals surface area contributed by atoms with Gasteiger partial charge < -0.3 is 39.6 Å². The number of rotatable bonds is 4. The molecule has 0 saturated heterocycles. The zero-order chi connectivity index (χ0) is 22.6. The van der Waals surface area contributed by atoms with Crippen LogP contribution in [0.5, 0.6) is 0 Å². The number of hydrogen-bond acceptors (Lipinski definition) is 8. The molecule has 0 bridgehead atoms. The van der Waals surface area contributed by atoms with Crippen LogP contribution < -0.4 is 20.4 Å². The van der Waals surface area contributed by atoms with Crippen LogP contribution in [0.3, 0.4) is 0 Å². The SMILES string of the molecule is C/C(=C/C(=O)[O-])C(=O)[O-].C/C(=C/C(=O)[O-])C(=O)[O-].C[C](C)(C)[Sn+4][C](C)(C)C. The van der Waals surface area contributed by atoms with E-state index in [9.17, 15) is 39.6 Å². The third-order valence-electron chi connectivity index (χ3n) is 2.06. The molecule has 27 heavy (non-hydrogen) atoms.